The van der Waals surface area contributed by atoms with Crippen LogP contribution in [-0.4, -0.2) is 25.2 Å². The van der Waals surface area contributed by atoms with Crippen molar-refractivity contribution in [3.05, 3.63) is 95.0 Å². The minimum atomic E-state index is -1.05. The Hall–Kier alpha value is -3.16. The number of amides is 1. The number of halogens is 1. The second-order valence-electron chi connectivity index (χ2n) is 6.84. The number of para-hydroxylation sites is 1. The molecule has 8 heteroatoms. The average Bonchev–Trinajstić information content (AvgIpc) is 2.81. The molecule has 0 aliphatic heterocycles. The van der Waals surface area contributed by atoms with Crippen LogP contribution >= 0.6 is 23.4 Å². The van der Waals surface area contributed by atoms with Crippen molar-refractivity contribution in [2.24, 2.45) is 0 Å². The summed E-state index contributed by atoms with van der Waals surface area (Å²) in [6, 6.07) is 22.6. The highest BCUT2D eigenvalue weighted by Crippen LogP contribution is 2.41. The molecule has 3 rings (SSSR count). The van der Waals surface area contributed by atoms with Crippen LogP contribution in [0.1, 0.15) is 16.4 Å². The van der Waals surface area contributed by atoms with Crippen molar-refractivity contribution in [3.63, 3.8) is 0 Å². The summed E-state index contributed by atoms with van der Waals surface area (Å²) in [7, 11) is 1.27. The van der Waals surface area contributed by atoms with E-state index in [1.807, 2.05) is 54.6 Å². The highest BCUT2D eigenvalue weighted by atomic mass is 35.5. The summed E-state index contributed by atoms with van der Waals surface area (Å²) in [6.07, 6.45) is -0.738. The third-order valence-corrected chi connectivity index (χ3v) is 6.25. The molecule has 3 aromatic rings. The van der Waals surface area contributed by atoms with Crippen molar-refractivity contribution in [2.75, 3.05) is 12.8 Å². The van der Waals surface area contributed by atoms with E-state index in [2.05, 4.69) is 5.32 Å². The van der Waals surface area contributed by atoms with E-state index < -0.39 is 23.4 Å². The van der Waals surface area contributed by atoms with E-state index in [0.29, 0.717) is 10.7 Å². The number of carbonyl (C=O) groups excluding carboxylic acids is 2. The van der Waals surface area contributed by atoms with Gasteiger partial charge in [0.15, 0.2) is 0 Å². The molecule has 3 aromatic carbocycles. The second kappa shape index (κ2) is 11.5. The number of hydrogen-bond acceptors (Lipinski definition) is 6. The van der Waals surface area contributed by atoms with E-state index in [0.717, 1.165) is 16.0 Å². The Balaban J connectivity index is 1.87. The Bertz CT molecular complexity index is 1060. The third-order valence-electron chi connectivity index (χ3n) is 4.59. The maximum Gasteiger partial charge on any atom is 0.408 e. The van der Waals surface area contributed by atoms with E-state index in [9.17, 15) is 9.59 Å². The molecule has 0 saturated carbocycles. The molecule has 2 atom stereocenters. The maximum absolute atomic E-state index is 12.7. The molecule has 0 fully saturated rings. The molecule has 3 N–H and O–H groups in total. The molecule has 0 bridgehead atoms. The van der Waals surface area contributed by atoms with Gasteiger partial charge in [0.25, 0.3) is 0 Å². The van der Waals surface area contributed by atoms with Gasteiger partial charge >= 0.3 is 12.1 Å². The average molecular weight is 471 g/mol. The smallest absolute Gasteiger partial charge is 0.408 e. The number of nitrogens with two attached hydrogens (primary N) is 1. The Morgan fingerprint density at radius 2 is 1.75 bits per heavy atom. The summed E-state index contributed by atoms with van der Waals surface area (Å²) in [5.41, 5.74) is 8.23. The Morgan fingerprint density at radius 1 is 1.03 bits per heavy atom. The van der Waals surface area contributed by atoms with Gasteiger partial charge in [-0.25, -0.2) is 9.59 Å². The molecule has 0 aliphatic rings. The van der Waals surface area contributed by atoms with Crippen LogP contribution in [-0.2, 0) is 20.9 Å². The molecular formula is C24H23ClN2O4S. The first-order chi connectivity index (χ1) is 15.5. The van der Waals surface area contributed by atoms with Gasteiger partial charge in [-0.05, 0) is 35.4 Å². The fourth-order valence-corrected chi connectivity index (χ4v) is 4.45. The summed E-state index contributed by atoms with van der Waals surface area (Å²) in [5, 5.41) is 2.59. The number of nitrogen functional groups attached to an aromatic ring is 1. The SMILES string of the molecule is COC(=O)C(NC(=O)OCc1ccccc1)C(Sc1ccccc1N)c1cccc(Cl)c1. The van der Waals surface area contributed by atoms with Crippen LogP contribution in [0.4, 0.5) is 10.5 Å². The molecule has 166 valence electrons. The van der Waals surface area contributed by atoms with Crippen molar-refractivity contribution < 1.29 is 19.1 Å². The van der Waals surface area contributed by atoms with Crippen LogP contribution in [0, 0.1) is 0 Å². The first-order valence-electron chi connectivity index (χ1n) is 9.79. The fourth-order valence-electron chi connectivity index (χ4n) is 3.01. The first kappa shape index (κ1) is 23.5. The predicted molar refractivity (Wildman–Crippen MR) is 126 cm³/mol. The maximum atomic E-state index is 12.7. The van der Waals surface area contributed by atoms with Crippen molar-refractivity contribution in [1.82, 2.24) is 5.32 Å². The lowest BCUT2D eigenvalue weighted by atomic mass is 10.1. The van der Waals surface area contributed by atoms with Gasteiger partial charge in [-0.2, -0.15) is 0 Å². The number of alkyl carbamates (subject to hydrolysis) is 1. The molecule has 0 radical (unpaired) electrons. The first-order valence-corrected chi connectivity index (χ1v) is 11.1. The van der Waals surface area contributed by atoms with E-state index in [4.69, 9.17) is 26.8 Å². The normalized spacial score (nSPS) is 12.4. The number of anilines is 1. The molecule has 6 nitrogen and oxygen atoms in total. The summed E-state index contributed by atoms with van der Waals surface area (Å²) in [6.45, 7) is 0.0706. The molecule has 0 spiro atoms. The number of benzene rings is 3. The summed E-state index contributed by atoms with van der Waals surface area (Å²) >= 11 is 7.53. The van der Waals surface area contributed by atoms with E-state index >= 15 is 0 Å². The molecule has 0 aliphatic carbocycles. The van der Waals surface area contributed by atoms with E-state index in [1.165, 1.54) is 18.9 Å². The lowest BCUT2D eigenvalue weighted by Crippen LogP contribution is -2.45. The van der Waals surface area contributed by atoms with Crippen LogP contribution in [0.25, 0.3) is 0 Å². The zero-order valence-corrected chi connectivity index (χ0v) is 18.9. The largest absolute Gasteiger partial charge is 0.467 e. The molecule has 1 amide bonds. The van der Waals surface area contributed by atoms with Crippen LogP contribution in [0.3, 0.4) is 0 Å². The zero-order chi connectivity index (χ0) is 22.9. The quantitative estimate of drug-likeness (QED) is 0.266. The number of nitrogens with one attached hydrogen (secondary N) is 1. The Kier molecular flexibility index (Phi) is 8.41. The summed E-state index contributed by atoms with van der Waals surface area (Å²) < 4.78 is 10.3. The molecule has 32 heavy (non-hydrogen) atoms. The van der Waals surface area contributed by atoms with Gasteiger partial charge in [0.2, 0.25) is 0 Å². The van der Waals surface area contributed by atoms with E-state index in [-0.39, 0.29) is 6.61 Å². The van der Waals surface area contributed by atoms with Crippen molar-refractivity contribution in [3.8, 4) is 0 Å². The number of rotatable bonds is 8. The highest BCUT2D eigenvalue weighted by Gasteiger charge is 2.34. The predicted octanol–water partition coefficient (Wildman–Crippen LogP) is 5.22. The van der Waals surface area contributed by atoms with Gasteiger partial charge in [-0.3, -0.25) is 0 Å². The van der Waals surface area contributed by atoms with Gasteiger partial charge in [0.1, 0.15) is 12.6 Å². The minimum Gasteiger partial charge on any atom is -0.467 e. The van der Waals surface area contributed by atoms with Crippen molar-refractivity contribution in [2.45, 2.75) is 22.8 Å². The van der Waals surface area contributed by atoms with Gasteiger partial charge in [-0.1, -0.05) is 66.2 Å². The molecule has 0 saturated heterocycles. The number of thioether (sulfide) groups is 1. The molecule has 0 heterocycles. The summed E-state index contributed by atoms with van der Waals surface area (Å²) in [5.74, 6) is -0.617. The van der Waals surface area contributed by atoms with Crippen LogP contribution in [0.5, 0.6) is 0 Å². The molecular weight excluding hydrogens is 448 g/mol. The lowest BCUT2D eigenvalue weighted by Gasteiger charge is -2.26. The van der Waals surface area contributed by atoms with Gasteiger partial charge in [-0.15, -0.1) is 11.8 Å². The number of esters is 1. The topological polar surface area (TPSA) is 90.6 Å². The van der Waals surface area contributed by atoms with Crippen LogP contribution in [0.2, 0.25) is 5.02 Å². The second-order valence-corrected chi connectivity index (χ2v) is 8.46. The van der Waals surface area contributed by atoms with E-state index in [1.54, 1.807) is 24.3 Å². The van der Waals surface area contributed by atoms with Gasteiger partial charge in [0, 0.05) is 15.6 Å². The molecule has 0 aromatic heterocycles. The lowest BCUT2D eigenvalue weighted by molar-refractivity contribution is -0.143. The highest BCUT2D eigenvalue weighted by molar-refractivity contribution is 7.99. The number of ether oxygens (including phenoxy) is 2. The van der Waals surface area contributed by atoms with Gasteiger partial charge < -0.3 is 20.5 Å². The number of hydrogen-bond donors (Lipinski definition) is 2. The van der Waals surface area contributed by atoms with Gasteiger partial charge in [0.05, 0.1) is 12.4 Å². The standard InChI is InChI=1S/C24H23ClN2O4S/c1-30-23(28)21(27-24(29)31-15-16-8-3-2-4-9-16)22(17-10-7-11-18(25)14-17)32-20-13-6-5-12-19(20)26/h2-14,21-22H,15,26H2,1H3,(H,27,29). The third kappa shape index (κ3) is 6.42. The summed E-state index contributed by atoms with van der Waals surface area (Å²) in [4.78, 5) is 26.1. The Morgan fingerprint density at radius 3 is 2.44 bits per heavy atom. The van der Waals surface area contributed by atoms with Crippen LogP contribution < -0.4 is 11.1 Å². The zero-order valence-electron chi connectivity index (χ0n) is 17.4. The van der Waals surface area contributed by atoms with Crippen molar-refractivity contribution >= 4 is 41.1 Å². The van der Waals surface area contributed by atoms with Crippen LogP contribution in [0.15, 0.2) is 83.8 Å². The molecule has 2 unspecified atom stereocenters. The van der Waals surface area contributed by atoms with Crippen molar-refractivity contribution in [1.29, 1.82) is 0 Å². The minimum absolute atomic E-state index is 0.0706. The monoisotopic (exact) mass is 470 g/mol. The Labute approximate surface area is 196 Å². The number of methoxy groups -OCH3 is 1. The number of carbonyl (C=O) groups is 2. The fraction of sp³-hybridized carbons (Fsp3) is 0.167.